The first-order valence-electron chi connectivity index (χ1n) is 8.87. The summed E-state index contributed by atoms with van der Waals surface area (Å²) in [7, 11) is 0. The first kappa shape index (κ1) is 14.9. The molecule has 5 heteroatoms. The van der Waals surface area contributed by atoms with E-state index in [1.165, 1.54) is 12.8 Å². The van der Waals surface area contributed by atoms with Crippen LogP contribution in [0.15, 0.2) is 22.7 Å². The Morgan fingerprint density at radius 2 is 2.00 bits per heavy atom. The molecule has 2 amide bonds. The minimum atomic E-state index is -0.00236. The number of amides is 2. The Bertz CT molecular complexity index is 744. The van der Waals surface area contributed by atoms with Gasteiger partial charge in [0.2, 0.25) is 5.91 Å². The number of fused-ring (bicyclic) bond motifs is 2. The van der Waals surface area contributed by atoms with Crippen molar-refractivity contribution in [1.29, 1.82) is 0 Å². The number of nitrogens with one attached hydrogen (secondary N) is 1. The number of hydrogen-bond acceptors (Lipinski definition) is 2. The van der Waals surface area contributed by atoms with Gasteiger partial charge >= 0.3 is 0 Å². The van der Waals surface area contributed by atoms with Crippen LogP contribution in [0.25, 0.3) is 0 Å². The van der Waals surface area contributed by atoms with E-state index in [2.05, 4.69) is 27.3 Å². The van der Waals surface area contributed by atoms with Crippen LogP contribution in [-0.2, 0) is 10.2 Å². The molecule has 1 N–H and O–H groups in total. The zero-order chi connectivity index (χ0) is 16.5. The average molecular weight is 389 g/mol. The molecule has 1 aliphatic heterocycles. The van der Waals surface area contributed by atoms with Crippen LogP contribution < -0.4 is 5.32 Å². The molecule has 1 aromatic rings. The predicted octanol–water partition coefficient (Wildman–Crippen LogP) is 3.00. The van der Waals surface area contributed by atoms with E-state index in [0.717, 1.165) is 41.3 Å². The monoisotopic (exact) mass is 388 g/mol. The maximum Gasteiger partial charge on any atom is 0.254 e. The Balaban J connectivity index is 1.29. The van der Waals surface area contributed by atoms with Crippen LogP contribution in [0.3, 0.4) is 0 Å². The van der Waals surface area contributed by atoms with E-state index in [0.29, 0.717) is 18.0 Å². The van der Waals surface area contributed by atoms with Gasteiger partial charge in [0.25, 0.3) is 5.91 Å². The highest BCUT2D eigenvalue weighted by Gasteiger charge is 2.54. The first-order chi connectivity index (χ1) is 11.5. The molecule has 0 aromatic heterocycles. The van der Waals surface area contributed by atoms with E-state index < -0.39 is 0 Å². The molecule has 4 aliphatic rings. The van der Waals surface area contributed by atoms with Gasteiger partial charge in [0.1, 0.15) is 0 Å². The number of carbonyl (C=O) groups is 2. The fraction of sp³-hybridized carbons (Fsp3) is 0.579. The standard InChI is InChI=1S/C19H21BrN2O2/c20-12-1-2-14-15(7-12)19(5-6-19)11-22(17(14)24)10-16(23)21-13-8-18(9-13)3-4-18/h1-2,7,13H,3-6,8-11H2,(H,21,23). The summed E-state index contributed by atoms with van der Waals surface area (Å²) in [6.45, 7) is 0.872. The topological polar surface area (TPSA) is 49.4 Å². The van der Waals surface area contributed by atoms with Crippen LogP contribution in [0.2, 0.25) is 0 Å². The van der Waals surface area contributed by atoms with Crippen LogP contribution in [0.4, 0.5) is 0 Å². The number of halogens is 1. The van der Waals surface area contributed by atoms with Gasteiger partial charge in [-0.3, -0.25) is 9.59 Å². The normalized spacial score (nSPS) is 25.4. The lowest BCUT2D eigenvalue weighted by atomic mass is 9.77. The second-order valence-corrected chi connectivity index (χ2v) is 9.22. The predicted molar refractivity (Wildman–Crippen MR) is 93.8 cm³/mol. The van der Waals surface area contributed by atoms with E-state index in [-0.39, 0.29) is 23.8 Å². The second-order valence-electron chi connectivity index (χ2n) is 8.30. The lowest BCUT2D eigenvalue weighted by molar-refractivity contribution is -0.123. The van der Waals surface area contributed by atoms with Crippen molar-refractivity contribution in [1.82, 2.24) is 10.2 Å². The molecule has 3 fully saturated rings. The van der Waals surface area contributed by atoms with E-state index >= 15 is 0 Å². The summed E-state index contributed by atoms with van der Waals surface area (Å²) >= 11 is 3.51. The Hall–Kier alpha value is -1.36. The quantitative estimate of drug-likeness (QED) is 0.864. The van der Waals surface area contributed by atoms with Crippen LogP contribution in [0, 0.1) is 5.41 Å². The Kier molecular flexibility index (Phi) is 3.01. The highest BCUT2D eigenvalue weighted by Crippen LogP contribution is 2.60. The number of carbonyl (C=O) groups excluding carboxylic acids is 2. The largest absolute Gasteiger partial charge is 0.352 e. The smallest absolute Gasteiger partial charge is 0.254 e. The maximum atomic E-state index is 12.8. The Morgan fingerprint density at radius 3 is 2.67 bits per heavy atom. The third kappa shape index (κ3) is 2.32. The molecule has 0 atom stereocenters. The number of nitrogens with zero attached hydrogens (tertiary/aromatic N) is 1. The van der Waals surface area contributed by atoms with Gasteiger partial charge in [0.05, 0.1) is 6.54 Å². The maximum absolute atomic E-state index is 12.8. The van der Waals surface area contributed by atoms with E-state index in [4.69, 9.17) is 0 Å². The molecule has 0 radical (unpaired) electrons. The summed E-state index contributed by atoms with van der Waals surface area (Å²) in [5, 5.41) is 3.12. The van der Waals surface area contributed by atoms with Crippen LogP contribution in [0.1, 0.15) is 54.4 Å². The lowest BCUT2D eigenvalue weighted by Crippen LogP contribution is -2.52. The number of benzene rings is 1. The van der Waals surface area contributed by atoms with Gasteiger partial charge in [-0.25, -0.2) is 0 Å². The molecular weight excluding hydrogens is 368 g/mol. The molecule has 4 nitrogen and oxygen atoms in total. The first-order valence-corrected chi connectivity index (χ1v) is 9.67. The van der Waals surface area contributed by atoms with Gasteiger partial charge in [0.15, 0.2) is 0 Å². The van der Waals surface area contributed by atoms with Gasteiger partial charge in [0, 0.05) is 28.0 Å². The average Bonchev–Trinajstić information content (AvgIpc) is 3.40. The van der Waals surface area contributed by atoms with E-state index in [1.54, 1.807) is 4.90 Å². The van der Waals surface area contributed by atoms with Gasteiger partial charge in [-0.05, 0) is 67.7 Å². The van der Waals surface area contributed by atoms with Crippen LogP contribution in [0.5, 0.6) is 0 Å². The van der Waals surface area contributed by atoms with Crippen molar-refractivity contribution in [2.45, 2.75) is 50.0 Å². The van der Waals surface area contributed by atoms with Crippen LogP contribution in [-0.4, -0.2) is 35.8 Å². The molecule has 24 heavy (non-hydrogen) atoms. The van der Waals surface area contributed by atoms with Gasteiger partial charge in [-0.2, -0.15) is 0 Å². The van der Waals surface area contributed by atoms with Gasteiger partial charge < -0.3 is 10.2 Å². The van der Waals surface area contributed by atoms with Gasteiger partial charge in [-0.1, -0.05) is 15.9 Å². The summed E-state index contributed by atoms with van der Waals surface area (Å²) in [6, 6.07) is 6.23. The Labute approximate surface area is 150 Å². The highest BCUT2D eigenvalue weighted by molar-refractivity contribution is 9.10. The summed E-state index contributed by atoms with van der Waals surface area (Å²) in [5.74, 6) is -0.00217. The molecule has 3 aliphatic carbocycles. The molecule has 126 valence electrons. The zero-order valence-corrected chi connectivity index (χ0v) is 15.2. The third-order valence-corrected chi connectivity index (χ3v) is 6.93. The fourth-order valence-corrected chi connectivity index (χ4v) is 5.02. The molecule has 0 unspecified atom stereocenters. The summed E-state index contributed by atoms with van der Waals surface area (Å²) in [6.07, 6.45) is 7.14. The second kappa shape index (κ2) is 4.84. The van der Waals surface area contributed by atoms with Crippen LogP contribution >= 0.6 is 15.9 Å². The molecular formula is C19H21BrN2O2. The van der Waals surface area contributed by atoms with Crippen molar-refractivity contribution in [3.63, 3.8) is 0 Å². The molecule has 1 heterocycles. The minimum Gasteiger partial charge on any atom is -0.352 e. The van der Waals surface area contributed by atoms with Crippen molar-refractivity contribution in [2.24, 2.45) is 5.41 Å². The van der Waals surface area contributed by atoms with Gasteiger partial charge in [-0.15, -0.1) is 0 Å². The van der Waals surface area contributed by atoms with Crippen molar-refractivity contribution in [3.05, 3.63) is 33.8 Å². The molecule has 0 saturated heterocycles. The zero-order valence-electron chi connectivity index (χ0n) is 13.6. The summed E-state index contributed by atoms with van der Waals surface area (Å²) in [4.78, 5) is 26.9. The summed E-state index contributed by atoms with van der Waals surface area (Å²) < 4.78 is 1.02. The third-order valence-electron chi connectivity index (χ3n) is 6.43. The fourth-order valence-electron chi connectivity index (χ4n) is 4.66. The van der Waals surface area contributed by atoms with Crippen molar-refractivity contribution >= 4 is 27.7 Å². The van der Waals surface area contributed by atoms with Crippen molar-refractivity contribution in [2.75, 3.05) is 13.1 Å². The lowest BCUT2D eigenvalue weighted by Gasteiger charge is -2.38. The molecule has 1 aromatic carbocycles. The molecule has 0 bridgehead atoms. The molecule has 5 rings (SSSR count). The Morgan fingerprint density at radius 1 is 1.25 bits per heavy atom. The number of hydrogen-bond donors (Lipinski definition) is 1. The molecule has 3 saturated carbocycles. The number of rotatable bonds is 3. The van der Waals surface area contributed by atoms with Crippen molar-refractivity contribution < 1.29 is 9.59 Å². The highest BCUT2D eigenvalue weighted by atomic mass is 79.9. The van der Waals surface area contributed by atoms with E-state index in [1.807, 2.05) is 12.1 Å². The minimum absolute atomic E-state index is 0.000196. The van der Waals surface area contributed by atoms with E-state index in [9.17, 15) is 9.59 Å². The molecule has 2 spiro atoms. The summed E-state index contributed by atoms with van der Waals surface area (Å²) in [5.41, 5.74) is 2.61. The van der Waals surface area contributed by atoms with Crippen molar-refractivity contribution in [3.8, 4) is 0 Å². The SMILES string of the molecule is O=C(CN1CC2(CC2)c2cc(Br)ccc2C1=O)NC1CC2(CC2)C1.